The maximum absolute atomic E-state index is 5.85. The minimum atomic E-state index is -0.0520. The van der Waals surface area contributed by atoms with E-state index in [0.717, 1.165) is 43.6 Å². The molecule has 1 saturated carbocycles. The van der Waals surface area contributed by atoms with Crippen molar-refractivity contribution in [3.63, 3.8) is 0 Å². The fourth-order valence-electron chi connectivity index (χ4n) is 6.54. The number of fused-ring (bicyclic) bond motifs is 4. The van der Waals surface area contributed by atoms with E-state index in [9.17, 15) is 0 Å². The van der Waals surface area contributed by atoms with Crippen molar-refractivity contribution in [3.8, 4) is 11.5 Å². The van der Waals surface area contributed by atoms with Gasteiger partial charge in [0.05, 0.1) is 20.3 Å². The zero-order valence-electron chi connectivity index (χ0n) is 18.6. The van der Waals surface area contributed by atoms with Crippen LogP contribution in [0.25, 0.3) is 0 Å². The highest BCUT2D eigenvalue weighted by molar-refractivity contribution is 5.59. The molecule has 0 heterocycles. The van der Waals surface area contributed by atoms with Gasteiger partial charge in [-0.1, -0.05) is 36.3 Å². The third-order valence-corrected chi connectivity index (χ3v) is 8.10. The summed E-state index contributed by atoms with van der Waals surface area (Å²) in [4.78, 5) is 0. The number of allylic oxidation sites excluding steroid dienone is 1. The Morgan fingerprint density at radius 1 is 0.833 bits per heavy atom. The number of aryl methyl sites for hydroxylation is 1. The predicted molar refractivity (Wildman–Crippen MR) is 119 cm³/mol. The zero-order valence-corrected chi connectivity index (χ0v) is 18.6. The summed E-state index contributed by atoms with van der Waals surface area (Å²) in [6.45, 7) is 2.47. The molecule has 30 heavy (non-hydrogen) atoms. The molecule has 0 amide bonds. The quantitative estimate of drug-likeness (QED) is 0.599. The Labute approximate surface area is 180 Å². The van der Waals surface area contributed by atoms with Gasteiger partial charge in [0.15, 0.2) is 0 Å². The summed E-state index contributed by atoms with van der Waals surface area (Å²) in [6.07, 6.45) is 7.11. The molecular formula is C27H32O3. The van der Waals surface area contributed by atoms with Gasteiger partial charge >= 0.3 is 0 Å². The molecule has 0 aromatic heterocycles. The second kappa shape index (κ2) is 7.16. The molecule has 3 heteroatoms. The SMILES string of the molecule is COc1ccc(C23CC[C@@]4(C)CC(OC)CC4=C2CCc2cc(OC)ccc23)cc1. The van der Waals surface area contributed by atoms with Crippen molar-refractivity contribution in [2.45, 2.75) is 57.0 Å². The van der Waals surface area contributed by atoms with Crippen molar-refractivity contribution >= 4 is 0 Å². The molecule has 0 aliphatic heterocycles. The van der Waals surface area contributed by atoms with Gasteiger partial charge in [0, 0.05) is 12.5 Å². The number of hydrogen-bond donors (Lipinski definition) is 0. The largest absolute Gasteiger partial charge is 0.497 e. The van der Waals surface area contributed by atoms with E-state index in [1.807, 2.05) is 7.11 Å². The van der Waals surface area contributed by atoms with Gasteiger partial charge in [-0.3, -0.25) is 0 Å². The third kappa shape index (κ3) is 2.75. The molecule has 2 unspecified atom stereocenters. The lowest BCUT2D eigenvalue weighted by Crippen LogP contribution is -2.41. The molecule has 5 rings (SSSR count). The van der Waals surface area contributed by atoms with Gasteiger partial charge in [0.1, 0.15) is 11.5 Å². The molecule has 0 radical (unpaired) electrons. The molecule has 3 nitrogen and oxygen atoms in total. The highest BCUT2D eigenvalue weighted by Gasteiger charge is 2.53. The Bertz CT molecular complexity index is 990. The Balaban J connectivity index is 1.75. The molecule has 3 atom stereocenters. The average molecular weight is 405 g/mol. The Morgan fingerprint density at radius 3 is 2.27 bits per heavy atom. The van der Waals surface area contributed by atoms with E-state index >= 15 is 0 Å². The fraction of sp³-hybridized carbons (Fsp3) is 0.481. The van der Waals surface area contributed by atoms with E-state index in [-0.39, 0.29) is 10.8 Å². The second-order valence-corrected chi connectivity index (χ2v) is 9.44. The Hall–Kier alpha value is -2.26. The van der Waals surface area contributed by atoms with Gasteiger partial charge in [-0.15, -0.1) is 0 Å². The number of benzene rings is 2. The molecule has 1 fully saturated rings. The third-order valence-electron chi connectivity index (χ3n) is 8.10. The van der Waals surface area contributed by atoms with E-state index in [1.54, 1.807) is 25.4 Å². The molecule has 3 aliphatic carbocycles. The summed E-state index contributed by atoms with van der Waals surface area (Å²) in [7, 11) is 5.36. The number of methoxy groups -OCH3 is 3. The Kier molecular flexibility index (Phi) is 4.70. The van der Waals surface area contributed by atoms with Gasteiger partial charge in [0.2, 0.25) is 0 Å². The summed E-state index contributed by atoms with van der Waals surface area (Å²) in [5.74, 6) is 1.87. The van der Waals surface area contributed by atoms with Crippen molar-refractivity contribution in [2.24, 2.45) is 5.41 Å². The Morgan fingerprint density at radius 2 is 1.57 bits per heavy atom. The van der Waals surface area contributed by atoms with Crippen LogP contribution in [-0.2, 0) is 16.6 Å². The number of hydrogen-bond acceptors (Lipinski definition) is 3. The van der Waals surface area contributed by atoms with Crippen LogP contribution in [0.3, 0.4) is 0 Å². The van der Waals surface area contributed by atoms with Crippen LogP contribution < -0.4 is 9.47 Å². The van der Waals surface area contributed by atoms with E-state index < -0.39 is 0 Å². The number of rotatable bonds is 4. The van der Waals surface area contributed by atoms with Crippen LogP contribution in [0, 0.1) is 5.41 Å². The highest BCUT2D eigenvalue weighted by Crippen LogP contribution is 2.62. The summed E-state index contributed by atoms with van der Waals surface area (Å²) < 4.78 is 16.9. The highest BCUT2D eigenvalue weighted by atomic mass is 16.5. The van der Waals surface area contributed by atoms with Crippen LogP contribution in [0.4, 0.5) is 0 Å². The monoisotopic (exact) mass is 404 g/mol. The second-order valence-electron chi connectivity index (χ2n) is 9.44. The number of ether oxygens (including phenoxy) is 3. The molecule has 0 bridgehead atoms. The maximum Gasteiger partial charge on any atom is 0.119 e. The summed E-state index contributed by atoms with van der Waals surface area (Å²) in [5.41, 5.74) is 7.82. The van der Waals surface area contributed by atoms with Crippen LogP contribution in [0.1, 0.15) is 55.7 Å². The van der Waals surface area contributed by atoms with Gasteiger partial charge in [-0.2, -0.15) is 0 Å². The van der Waals surface area contributed by atoms with Crippen molar-refractivity contribution < 1.29 is 14.2 Å². The lowest BCUT2D eigenvalue weighted by atomic mass is 9.53. The summed E-state index contributed by atoms with van der Waals surface area (Å²) >= 11 is 0. The average Bonchev–Trinajstić information content (AvgIpc) is 3.15. The smallest absolute Gasteiger partial charge is 0.119 e. The first-order chi connectivity index (χ1) is 14.5. The summed E-state index contributed by atoms with van der Waals surface area (Å²) in [5, 5.41) is 0. The first-order valence-electron chi connectivity index (χ1n) is 11.1. The first kappa shape index (κ1) is 19.7. The van der Waals surface area contributed by atoms with Crippen molar-refractivity contribution in [2.75, 3.05) is 21.3 Å². The van der Waals surface area contributed by atoms with Crippen LogP contribution >= 0.6 is 0 Å². The van der Waals surface area contributed by atoms with Gasteiger partial charge in [0.25, 0.3) is 0 Å². The van der Waals surface area contributed by atoms with E-state index in [4.69, 9.17) is 14.2 Å². The van der Waals surface area contributed by atoms with Crippen molar-refractivity contribution in [1.82, 2.24) is 0 Å². The molecule has 0 saturated heterocycles. The molecule has 0 N–H and O–H groups in total. The molecular weight excluding hydrogens is 372 g/mol. The van der Waals surface area contributed by atoms with Gasteiger partial charge in [-0.25, -0.2) is 0 Å². The van der Waals surface area contributed by atoms with Crippen molar-refractivity contribution in [1.29, 1.82) is 0 Å². The molecule has 2 aromatic rings. The van der Waals surface area contributed by atoms with Crippen LogP contribution in [0.2, 0.25) is 0 Å². The minimum absolute atomic E-state index is 0.0520. The van der Waals surface area contributed by atoms with Crippen LogP contribution in [0.15, 0.2) is 53.6 Å². The standard InChI is InChI=1S/C27H32O3/c1-26-13-14-27(19-6-8-20(28-2)9-7-19)23-12-10-21(29-3)15-18(23)5-11-24(27)25(26)16-22(17-26)30-4/h6-10,12,15,22H,5,11,13-14,16-17H2,1-4H3/t22?,26-,27?/m0/s1. The lowest BCUT2D eigenvalue weighted by Gasteiger charge is -2.50. The van der Waals surface area contributed by atoms with E-state index in [0.29, 0.717) is 6.10 Å². The maximum atomic E-state index is 5.85. The zero-order chi connectivity index (χ0) is 20.9. The van der Waals surface area contributed by atoms with Crippen molar-refractivity contribution in [3.05, 3.63) is 70.3 Å². The van der Waals surface area contributed by atoms with Crippen LogP contribution in [-0.4, -0.2) is 27.4 Å². The molecule has 2 aromatic carbocycles. The molecule has 3 aliphatic rings. The fourth-order valence-corrected chi connectivity index (χ4v) is 6.54. The topological polar surface area (TPSA) is 27.7 Å². The van der Waals surface area contributed by atoms with E-state index in [2.05, 4.69) is 49.4 Å². The van der Waals surface area contributed by atoms with E-state index in [1.165, 1.54) is 23.1 Å². The van der Waals surface area contributed by atoms with Gasteiger partial charge < -0.3 is 14.2 Å². The van der Waals surface area contributed by atoms with Gasteiger partial charge in [-0.05, 0) is 84.9 Å². The molecule has 0 spiro atoms. The predicted octanol–water partition coefficient (Wildman–Crippen LogP) is 5.84. The minimum Gasteiger partial charge on any atom is -0.497 e. The van der Waals surface area contributed by atoms with Crippen LogP contribution in [0.5, 0.6) is 11.5 Å². The lowest BCUT2D eigenvalue weighted by molar-refractivity contribution is 0.0949. The normalized spacial score (nSPS) is 29.8. The summed E-state index contributed by atoms with van der Waals surface area (Å²) in [6, 6.07) is 15.5. The first-order valence-corrected chi connectivity index (χ1v) is 11.1. The molecule has 158 valence electrons.